The number of anilines is 1. The number of carbonyl (C=O) groups is 4. The molecule has 58 heavy (non-hydrogen) atoms. The third kappa shape index (κ3) is 8.19. The highest BCUT2D eigenvalue weighted by molar-refractivity contribution is 6.04. The third-order valence-corrected chi connectivity index (χ3v) is 11.7. The van der Waals surface area contributed by atoms with Gasteiger partial charge in [-0.05, 0) is 64.1 Å². The number of ether oxygens (including phenoxy) is 2. The van der Waals surface area contributed by atoms with Crippen LogP contribution in [0.1, 0.15) is 76.4 Å². The lowest BCUT2D eigenvalue weighted by molar-refractivity contribution is -0.148. The van der Waals surface area contributed by atoms with Crippen LogP contribution in [0.4, 0.5) is 10.5 Å². The number of amides is 3. The van der Waals surface area contributed by atoms with Gasteiger partial charge < -0.3 is 24.7 Å². The van der Waals surface area contributed by atoms with Gasteiger partial charge in [0.2, 0.25) is 5.91 Å². The summed E-state index contributed by atoms with van der Waals surface area (Å²) < 4.78 is 9.71. The SMILES string of the molecule is COC(=O)CC(C(=O)N1CCC[C@H]1C1=NC=C(c2ccc(-c3ccc(-c4cnc([C@@H]5Cc6ccccc6N5C(=O)C(NC(=O)OC)C(C)C)[nH]4)cc3)cc2)C1)C(C)C. The first-order valence-electron chi connectivity index (χ1n) is 20.1. The molecule has 12 heteroatoms. The summed E-state index contributed by atoms with van der Waals surface area (Å²) in [5.41, 5.74) is 8.99. The van der Waals surface area contributed by atoms with Crippen LogP contribution in [0.25, 0.3) is 28.0 Å². The molecular weight excluding hydrogens is 733 g/mol. The monoisotopic (exact) mass is 784 g/mol. The highest BCUT2D eigenvalue weighted by Gasteiger charge is 2.41. The van der Waals surface area contributed by atoms with Crippen LogP contribution < -0.4 is 10.2 Å². The van der Waals surface area contributed by atoms with Crippen molar-refractivity contribution in [3.05, 3.63) is 102 Å². The lowest BCUT2D eigenvalue weighted by Gasteiger charge is -2.30. The second-order valence-electron chi connectivity index (χ2n) is 16.0. The van der Waals surface area contributed by atoms with E-state index in [2.05, 4.69) is 58.8 Å². The lowest BCUT2D eigenvalue weighted by Crippen LogP contribution is -2.51. The fraction of sp³-hybridized carbons (Fsp3) is 0.391. The first-order valence-corrected chi connectivity index (χ1v) is 20.1. The number of esters is 1. The topological polar surface area (TPSA) is 146 Å². The Morgan fingerprint density at radius 2 is 1.50 bits per heavy atom. The molecule has 3 amide bonds. The minimum absolute atomic E-state index is 0.00644. The molecule has 0 saturated carbocycles. The number of carbonyl (C=O) groups excluding carboxylic acids is 4. The minimum atomic E-state index is -0.776. The molecule has 4 heterocycles. The maximum Gasteiger partial charge on any atom is 0.407 e. The normalized spacial score (nSPS) is 18.5. The number of aliphatic imine (C=N–C) groups is 1. The van der Waals surface area contributed by atoms with Crippen molar-refractivity contribution in [2.75, 3.05) is 25.7 Å². The van der Waals surface area contributed by atoms with Crippen molar-refractivity contribution in [2.24, 2.45) is 22.7 Å². The second-order valence-corrected chi connectivity index (χ2v) is 16.0. The van der Waals surface area contributed by atoms with E-state index < -0.39 is 18.1 Å². The predicted molar refractivity (Wildman–Crippen MR) is 224 cm³/mol. The largest absolute Gasteiger partial charge is 0.469 e. The van der Waals surface area contributed by atoms with Crippen LogP contribution in [0.5, 0.6) is 0 Å². The number of aromatic amines is 1. The van der Waals surface area contributed by atoms with E-state index in [0.717, 1.165) is 63.3 Å². The van der Waals surface area contributed by atoms with Gasteiger partial charge in [-0.2, -0.15) is 0 Å². The molecular formula is C46H52N6O6. The van der Waals surface area contributed by atoms with E-state index in [-0.39, 0.29) is 48.1 Å². The van der Waals surface area contributed by atoms with Gasteiger partial charge in [-0.15, -0.1) is 0 Å². The number of benzene rings is 3. The summed E-state index contributed by atoms with van der Waals surface area (Å²) in [4.78, 5) is 68.7. The van der Waals surface area contributed by atoms with Crippen LogP contribution in [-0.2, 0) is 30.3 Å². The van der Waals surface area contributed by atoms with Crippen molar-refractivity contribution in [3.8, 4) is 22.4 Å². The molecule has 7 rings (SSSR count). The quantitative estimate of drug-likeness (QED) is 0.140. The molecule has 0 radical (unpaired) electrons. The predicted octanol–water partition coefficient (Wildman–Crippen LogP) is 7.77. The molecule has 0 aliphatic carbocycles. The number of imidazole rings is 1. The number of nitrogens with zero attached hydrogens (tertiary/aromatic N) is 4. The van der Waals surface area contributed by atoms with Gasteiger partial charge in [0.1, 0.15) is 11.9 Å². The van der Waals surface area contributed by atoms with E-state index in [0.29, 0.717) is 25.2 Å². The molecule has 302 valence electrons. The highest BCUT2D eigenvalue weighted by Crippen LogP contribution is 2.41. The van der Waals surface area contributed by atoms with Crippen molar-refractivity contribution < 1.29 is 28.7 Å². The zero-order valence-corrected chi connectivity index (χ0v) is 34.0. The van der Waals surface area contributed by atoms with Crippen LogP contribution >= 0.6 is 0 Å². The summed E-state index contributed by atoms with van der Waals surface area (Å²) in [6.07, 6.45) is 6.21. The van der Waals surface area contributed by atoms with Crippen molar-refractivity contribution in [1.29, 1.82) is 0 Å². The Morgan fingerprint density at radius 1 is 0.828 bits per heavy atom. The Bertz CT molecular complexity index is 2220. The van der Waals surface area contributed by atoms with Crippen LogP contribution in [0.3, 0.4) is 0 Å². The molecule has 2 unspecified atom stereocenters. The van der Waals surface area contributed by atoms with Crippen molar-refractivity contribution in [3.63, 3.8) is 0 Å². The zero-order chi connectivity index (χ0) is 41.1. The molecule has 1 aromatic heterocycles. The number of alkyl carbamates (subject to hydrolysis) is 1. The lowest BCUT2D eigenvalue weighted by atomic mass is 9.90. The molecule has 4 aromatic rings. The smallest absolute Gasteiger partial charge is 0.407 e. The number of likely N-dealkylation sites (tertiary alicyclic amines) is 1. The molecule has 12 nitrogen and oxygen atoms in total. The van der Waals surface area contributed by atoms with Gasteiger partial charge in [0, 0.05) is 37.0 Å². The van der Waals surface area contributed by atoms with Gasteiger partial charge in [0.05, 0.1) is 50.5 Å². The number of hydrogen-bond acceptors (Lipinski definition) is 8. The fourth-order valence-corrected chi connectivity index (χ4v) is 8.39. The number of allylic oxidation sites excluding steroid dienone is 1. The average molecular weight is 785 g/mol. The van der Waals surface area contributed by atoms with E-state index in [1.165, 1.54) is 14.2 Å². The molecule has 3 aliphatic rings. The molecule has 2 N–H and O–H groups in total. The first kappa shape index (κ1) is 40.2. The van der Waals surface area contributed by atoms with Gasteiger partial charge in [0.25, 0.3) is 5.91 Å². The molecule has 1 fully saturated rings. The number of para-hydroxylation sites is 1. The van der Waals surface area contributed by atoms with E-state index in [4.69, 9.17) is 19.5 Å². The summed E-state index contributed by atoms with van der Waals surface area (Å²) in [6.45, 7) is 8.41. The molecule has 3 aromatic carbocycles. The molecule has 0 bridgehead atoms. The number of nitrogens with one attached hydrogen (secondary N) is 2. The number of H-pyrrole nitrogens is 1. The second kappa shape index (κ2) is 17.2. The summed E-state index contributed by atoms with van der Waals surface area (Å²) in [6, 6.07) is 23.4. The van der Waals surface area contributed by atoms with Crippen LogP contribution in [-0.4, -0.2) is 77.3 Å². The minimum Gasteiger partial charge on any atom is -0.469 e. The van der Waals surface area contributed by atoms with Crippen molar-refractivity contribution >= 4 is 40.8 Å². The number of hydrogen-bond donors (Lipinski definition) is 2. The Labute approximate surface area is 339 Å². The van der Waals surface area contributed by atoms with Gasteiger partial charge in [0.15, 0.2) is 0 Å². The Kier molecular flexibility index (Phi) is 11.9. The fourth-order valence-electron chi connectivity index (χ4n) is 8.39. The van der Waals surface area contributed by atoms with Gasteiger partial charge >= 0.3 is 12.1 Å². The number of aromatic nitrogens is 2. The average Bonchev–Trinajstić information content (AvgIpc) is 4.07. The standard InChI is InChI=1S/C46H52N6O6/c1-27(2)35(24-41(53)57-5)44(54)51-21-9-12-39(51)36-22-34(25-47-36)31-15-13-29(14-16-31)30-17-19-32(20-18-30)37-26-48-43(49-37)40-23-33-10-7-8-11-38(33)52(40)45(55)42(28(3)4)50-46(56)58-6/h7-8,10-11,13-20,25-28,35,39-40,42H,9,12,21-24H2,1-6H3,(H,48,49)(H,50,56)/t35?,39-,40-,42?/m0/s1. The van der Waals surface area contributed by atoms with E-state index in [1.807, 2.05) is 63.1 Å². The summed E-state index contributed by atoms with van der Waals surface area (Å²) in [7, 11) is 2.65. The van der Waals surface area contributed by atoms with Crippen molar-refractivity contribution in [2.45, 2.75) is 77.9 Å². The maximum absolute atomic E-state index is 14.1. The number of fused-ring (bicyclic) bond motifs is 1. The van der Waals surface area contributed by atoms with E-state index in [9.17, 15) is 19.2 Å². The Balaban J connectivity index is 1.01. The number of methoxy groups -OCH3 is 2. The van der Waals surface area contributed by atoms with Crippen LogP contribution in [0.15, 0.2) is 90.2 Å². The van der Waals surface area contributed by atoms with E-state index in [1.54, 1.807) is 11.1 Å². The zero-order valence-electron chi connectivity index (χ0n) is 34.0. The maximum atomic E-state index is 14.1. The molecule has 0 spiro atoms. The summed E-state index contributed by atoms with van der Waals surface area (Å²) in [5, 5.41) is 2.73. The highest BCUT2D eigenvalue weighted by atomic mass is 16.5. The van der Waals surface area contributed by atoms with Gasteiger partial charge in [-0.3, -0.25) is 24.3 Å². The van der Waals surface area contributed by atoms with Gasteiger partial charge in [-0.1, -0.05) is 94.4 Å². The van der Waals surface area contributed by atoms with Crippen LogP contribution in [0.2, 0.25) is 0 Å². The van der Waals surface area contributed by atoms with Crippen LogP contribution in [0, 0.1) is 17.8 Å². The molecule has 3 aliphatic heterocycles. The van der Waals surface area contributed by atoms with Gasteiger partial charge in [-0.25, -0.2) is 9.78 Å². The number of rotatable bonds is 12. The Hall–Kier alpha value is -6.04. The third-order valence-electron chi connectivity index (χ3n) is 11.7. The Morgan fingerprint density at radius 3 is 2.16 bits per heavy atom. The molecule has 1 saturated heterocycles. The summed E-state index contributed by atoms with van der Waals surface area (Å²) >= 11 is 0. The van der Waals surface area contributed by atoms with E-state index >= 15 is 0 Å². The summed E-state index contributed by atoms with van der Waals surface area (Å²) in [5.74, 6) is -0.471. The van der Waals surface area contributed by atoms with Crippen molar-refractivity contribution in [1.82, 2.24) is 20.2 Å². The first-order chi connectivity index (χ1) is 28.0. The molecule has 4 atom stereocenters.